The monoisotopic (exact) mass is 352 g/mol. The second kappa shape index (κ2) is 9.18. The van der Waals surface area contributed by atoms with Crippen molar-refractivity contribution < 1.29 is 14.3 Å². The van der Waals surface area contributed by atoms with Crippen LogP contribution in [0.25, 0.3) is 0 Å². The molecule has 5 heteroatoms. The van der Waals surface area contributed by atoms with Crippen LogP contribution in [0.2, 0.25) is 0 Å². The highest BCUT2D eigenvalue weighted by atomic mass is 32.2. The van der Waals surface area contributed by atoms with Gasteiger partial charge < -0.3 is 4.74 Å². The minimum atomic E-state index is -0.400. The van der Waals surface area contributed by atoms with E-state index in [0.29, 0.717) is 29.4 Å². The normalized spacial score (nSPS) is 12.5. The average Bonchev–Trinajstić information content (AvgIpc) is 2.50. The van der Waals surface area contributed by atoms with Crippen LogP contribution in [0.4, 0.5) is 0 Å². The lowest BCUT2D eigenvalue weighted by atomic mass is 9.87. The molecule has 1 atom stereocenters. The Kier molecular flexibility index (Phi) is 7.92. The SMILES string of the molecule is CCOC(=S)SC(CCC(=O)C(C)(C)C)C(=O)c1ccccc1. The molecule has 1 rings (SSSR count). The van der Waals surface area contributed by atoms with Gasteiger partial charge in [-0.1, -0.05) is 62.9 Å². The molecule has 1 aromatic rings. The number of ether oxygens (including phenoxy) is 1. The number of carbonyl (C=O) groups excluding carboxylic acids is 2. The molecule has 23 heavy (non-hydrogen) atoms. The van der Waals surface area contributed by atoms with E-state index in [1.165, 1.54) is 11.8 Å². The van der Waals surface area contributed by atoms with E-state index in [-0.39, 0.29) is 11.6 Å². The lowest BCUT2D eigenvalue weighted by Crippen LogP contribution is -2.25. The van der Waals surface area contributed by atoms with Gasteiger partial charge in [-0.15, -0.1) is 0 Å². The Morgan fingerprint density at radius 1 is 1.22 bits per heavy atom. The quantitative estimate of drug-likeness (QED) is 0.526. The first-order valence-electron chi connectivity index (χ1n) is 7.71. The number of hydrogen-bond acceptors (Lipinski definition) is 5. The van der Waals surface area contributed by atoms with Crippen molar-refractivity contribution in [3.63, 3.8) is 0 Å². The molecule has 0 spiro atoms. The summed E-state index contributed by atoms with van der Waals surface area (Å²) in [7, 11) is 0. The summed E-state index contributed by atoms with van der Waals surface area (Å²) in [5.41, 5.74) is 0.235. The third-order valence-electron chi connectivity index (χ3n) is 3.32. The zero-order chi connectivity index (χ0) is 17.5. The maximum Gasteiger partial charge on any atom is 0.220 e. The molecule has 0 bridgehead atoms. The van der Waals surface area contributed by atoms with Gasteiger partial charge in [0.2, 0.25) is 4.38 Å². The van der Waals surface area contributed by atoms with E-state index in [1.807, 2.05) is 45.9 Å². The van der Waals surface area contributed by atoms with Crippen molar-refractivity contribution in [2.75, 3.05) is 6.61 Å². The van der Waals surface area contributed by atoms with Gasteiger partial charge in [0, 0.05) is 17.4 Å². The van der Waals surface area contributed by atoms with E-state index in [4.69, 9.17) is 17.0 Å². The number of rotatable bonds is 7. The maximum atomic E-state index is 12.7. The molecule has 0 aromatic heterocycles. The van der Waals surface area contributed by atoms with E-state index in [1.54, 1.807) is 12.1 Å². The molecule has 3 nitrogen and oxygen atoms in total. The van der Waals surface area contributed by atoms with Crippen LogP contribution in [0, 0.1) is 5.41 Å². The van der Waals surface area contributed by atoms with Crippen LogP contribution in [0.5, 0.6) is 0 Å². The van der Waals surface area contributed by atoms with Crippen LogP contribution >= 0.6 is 24.0 Å². The first-order valence-corrected chi connectivity index (χ1v) is 9.00. The fourth-order valence-corrected chi connectivity index (χ4v) is 3.30. The fraction of sp³-hybridized carbons (Fsp3) is 0.500. The summed E-state index contributed by atoms with van der Waals surface area (Å²) < 4.78 is 5.64. The average molecular weight is 353 g/mol. The summed E-state index contributed by atoms with van der Waals surface area (Å²) in [5, 5.41) is -0.400. The van der Waals surface area contributed by atoms with E-state index >= 15 is 0 Å². The molecule has 1 unspecified atom stereocenters. The Hall–Kier alpha value is -1.20. The van der Waals surface area contributed by atoms with Crippen LogP contribution < -0.4 is 0 Å². The van der Waals surface area contributed by atoms with Crippen LogP contribution in [0.1, 0.15) is 50.9 Å². The molecule has 0 radical (unpaired) electrons. The highest BCUT2D eigenvalue weighted by Crippen LogP contribution is 2.26. The number of carbonyl (C=O) groups is 2. The number of ketones is 2. The van der Waals surface area contributed by atoms with Gasteiger partial charge in [-0.2, -0.15) is 0 Å². The predicted octanol–water partition coefficient (Wildman–Crippen LogP) is 4.69. The highest BCUT2D eigenvalue weighted by Gasteiger charge is 2.27. The number of Topliss-reactive ketones (excluding diaryl/α,β-unsaturated/α-hetero) is 2. The molecule has 0 saturated carbocycles. The maximum absolute atomic E-state index is 12.7. The minimum Gasteiger partial charge on any atom is -0.479 e. The molecule has 0 saturated heterocycles. The molecule has 0 N–H and O–H groups in total. The van der Waals surface area contributed by atoms with Crippen molar-refractivity contribution in [1.29, 1.82) is 0 Å². The molecule has 0 heterocycles. The molecule has 1 aromatic carbocycles. The van der Waals surface area contributed by atoms with Crippen molar-refractivity contribution in [2.24, 2.45) is 5.41 Å². The van der Waals surface area contributed by atoms with Gasteiger partial charge in [0.25, 0.3) is 0 Å². The summed E-state index contributed by atoms with van der Waals surface area (Å²) in [4.78, 5) is 24.9. The third kappa shape index (κ3) is 6.83. The Balaban J connectivity index is 2.83. The van der Waals surface area contributed by atoms with Crippen molar-refractivity contribution in [3.05, 3.63) is 35.9 Å². The Bertz CT molecular complexity index is 547. The summed E-state index contributed by atoms with van der Waals surface area (Å²) in [5.74, 6) is 0.130. The zero-order valence-electron chi connectivity index (χ0n) is 14.1. The minimum absolute atomic E-state index is 0.0145. The summed E-state index contributed by atoms with van der Waals surface area (Å²) >= 11 is 6.39. The second-order valence-corrected chi connectivity index (χ2v) is 8.04. The third-order valence-corrected chi connectivity index (χ3v) is 4.77. The topological polar surface area (TPSA) is 43.4 Å². The first kappa shape index (κ1) is 19.8. The first-order chi connectivity index (χ1) is 10.8. The number of thiocarbonyl (C=S) groups is 1. The standard InChI is InChI=1S/C18H24O3S2/c1-5-21-17(22)23-14(11-12-15(19)18(2,3)4)16(20)13-9-7-6-8-10-13/h6-10,14H,5,11-12H2,1-4H3. The summed E-state index contributed by atoms with van der Waals surface area (Å²) in [6.45, 7) is 7.99. The lowest BCUT2D eigenvalue weighted by molar-refractivity contribution is -0.126. The second-order valence-electron chi connectivity index (χ2n) is 6.23. The van der Waals surface area contributed by atoms with Gasteiger partial charge in [0.15, 0.2) is 5.78 Å². The van der Waals surface area contributed by atoms with Gasteiger partial charge in [0.1, 0.15) is 5.78 Å². The Morgan fingerprint density at radius 3 is 2.35 bits per heavy atom. The van der Waals surface area contributed by atoms with Crippen molar-refractivity contribution in [1.82, 2.24) is 0 Å². The molecule has 126 valence electrons. The number of benzene rings is 1. The lowest BCUT2D eigenvalue weighted by Gasteiger charge is -2.19. The van der Waals surface area contributed by atoms with Crippen LogP contribution in [0.3, 0.4) is 0 Å². The van der Waals surface area contributed by atoms with Crippen molar-refractivity contribution in [2.45, 2.75) is 45.8 Å². The van der Waals surface area contributed by atoms with E-state index in [2.05, 4.69) is 0 Å². The fourth-order valence-electron chi connectivity index (χ4n) is 1.94. The van der Waals surface area contributed by atoms with Gasteiger partial charge in [-0.25, -0.2) is 0 Å². The van der Waals surface area contributed by atoms with Crippen LogP contribution in [-0.4, -0.2) is 27.8 Å². The molecule has 0 aliphatic rings. The Morgan fingerprint density at radius 2 is 1.83 bits per heavy atom. The highest BCUT2D eigenvalue weighted by molar-refractivity contribution is 8.23. The van der Waals surface area contributed by atoms with Gasteiger partial charge in [-0.05, 0) is 25.6 Å². The van der Waals surface area contributed by atoms with Gasteiger partial charge >= 0.3 is 0 Å². The van der Waals surface area contributed by atoms with E-state index < -0.39 is 10.7 Å². The van der Waals surface area contributed by atoms with Crippen molar-refractivity contribution >= 4 is 39.9 Å². The summed E-state index contributed by atoms with van der Waals surface area (Å²) in [6.07, 6.45) is 0.816. The molecule has 0 aliphatic carbocycles. The van der Waals surface area contributed by atoms with E-state index in [9.17, 15) is 9.59 Å². The van der Waals surface area contributed by atoms with Gasteiger partial charge in [-0.3, -0.25) is 9.59 Å². The predicted molar refractivity (Wildman–Crippen MR) is 100 cm³/mol. The zero-order valence-corrected chi connectivity index (χ0v) is 15.8. The Labute approximate surface area is 148 Å². The molecule has 0 fully saturated rings. The molecular formula is C18H24O3S2. The van der Waals surface area contributed by atoms with Gasteiger partial charge in [0.05, 0.1) is 11.9 Å². The molecule has 0 amide bonds. The number of hydrogen-bond donors (Lipinski definition) is 0. The molecule has 0 aliphatic heterocycles. The summed E-state index contributed by atoms with van der Waals surface area (Å²) in [6, 6.07) is 9.09. The molecular weight excluding hydrogens is 328 g/mol. The van der Waals surface area contributed by atoms with Crippen LogP contribution in [0.15, 0.2) is 30.3 Å². The smallest absolute Gasteiger partial charge is 0.220 e. The largest absolute Gasteiger partial charge is 0.479 e. The van der Waals surface area contributed by atoms with Crippen LogP contribution in [-0.2, 0) is 9.53 Å². The van der Waals surface area contributed by atoms with Crippen molar-refractivity contribution in [3.8, 4) is 0 Å². The number of thioether (sulfide) groups is 1. The van der Waals surface area contributed by atoms with E-state index in [0.717, 1.165) is 0 Å².